The molecule has 0 aliphatic rings. The number of hydrogen-bond donors (Lipinski definition) is 0. The van der Waals surface area contributed by atoms with Crippen LogP contribution in [0.25, 0.3) is 0 Å². The summed E-state index contributed by atoms with van der Waals surface area (Å²) < 4.78 is 10.8. The lowest BCUT2D eigenvalue weighted by atomic mass is 9.82. The van der Waals surface area contributed by atoms with Crippen molar-refractivity contribution in [1.29, 1.82) is 0 Å². The van der Waals surface area contributed by atoms with Crippen LogP contribution >= 0.6 is 0 Å². The average Bonchev–Trinajstić information content (AvgIpc) is 2.44. The Morgan fingerprint density at radius 3 is 2.00 bits per heavy atom. The van der Waals surface area contributed by atoms with E-state index in [9.17, 15) is 9.59 Å². The van der Waals surface area contributed by atoms with Crippen molar-refractivity contribution >= 4 is 11.9 Å². The van der Waals surface area contributed by atoms with Crippen molar-refractivity contribution in [1.82, 2.24) is 0 Å². The van der Waals surface area contributed by atoms with Crippen LogP contribution in [0.3, 0.4) is 0 Å². The summed E-state index contributed by atoms with van der Waals surface area (Å²) in [6.45, 7) is 11.9. The van der Waals surface area contributed by atoms with Crippen LogP contribution in [0.1, 0.15) is 73.6 Å². The smallest absolute Gasteiger partial charge is 0.323 e. The molecule has 1 unspecified atom stereocenters. The van der Waals surface area contributed by atoms with Crippen molar-refractivity contribution in [2.45, 2.75) is 79.8 Å². The first-order valence-electron chi connectivity index (χ1n) is 8.22. The first-order chi connectivity index (χ1) is 9.83. The number of hydrogen-bond acceptors (Lipinski definition) is 4. The Morgan fingerprint density at radius 1 is 1.00 bits per heavy atom. The topological polar surface area (TPSA) is 52.6 Å². The van der Waals surface area contributed by atoms with Gasteiger partial charge in [0.25, 0.3) is 0 Å². The van der Waals surface area contributed by atoms with E-state index in [1.165, 1.54) is 0 Å². The van der Waals surface area contributed by atoms with Gasteiger partial charge < -0.3 is 9.47 Å². The Balaban J connectivity index is 4.83. The minimum Gasteiger partial charge on any atom is -0.465 e. The molecule has 0 rings (SSSR count). The first kappa shape index (κ1) is 19.9. The molecule has 0 amide bonds. The standard InChI is InChI=1S/C17H32O4/c1-7-10-11-14(6)21-16(19)17(8-2,9-3)15(18)20-12-13(4)5/h13-14H,7-12H2,1-6H3. The van der Waals surface area contributed by atoms with E-state index in [1.807, 2.05) is 34.6 Å². The second kappa shape index (κ2) is 9.80. The molecule has 0 saturated heterocycles. The number of rotatable bonds is 10. The van der Waals surface area contributed by atoms with E-state index in [-0.39, 0.29) is 12.0 Å². The molecule has 0 N–H and O–H groups in total. The highest BCUT2D eigenvalue weighted by atomic mass is 16.6. The third-order valence-electron chi connectivity index (χ3n) is 3.81. The fourth-order valence-corrected chi connectivity index (χ4v) is 2.14. The Hall–Kier alpha value is -1.06. The molecular weight excluding hydrogens is 268 g/mol. The van der Waals surface area contributed by atoms with E-state index in [0.29, 0.717) is 19.4 Å². The first-order valence-corrected chi connectivity index (χ1v) is 8.22. The molecule has 0 aromatic heterocycles. The summed E-state index contributed by atoms with van der Waals surface area (Å²) in [6.07, 6.45) is 3.54. The highest BCUT2D eigenvalue weighted by molar-refractivity contribution is 6.00. The predicted octanol–water partition coefficient (Wildman–Crippen LogP) is 4.11. The molecule has 0 radical (unpaired) electrons. The third kappa shape index (κ3) is 6.06. The van der Waals surface area contributed by atoms with Gasteiger partial charge in [0.1, 0.15) is 0 Å². The summed E-state index contributed by atoms with van der Waals surface area (Å²) in [7, 11) is 0. The fraction of sp³-hybridized carbons (Fsp3) is 0.882. The minimum atomic E-state index is -1.16. The minimum absolute atomic E-state index is 0.159. The molecule has 0 aliphatic heterocycles. The van der Waals surface area contributed by atoms with Gasteiger partial charge in [0.05, 0.1) is 12.7 Å². The Bertz CT molecular complexity index is 319. The Labute approximate surface area is 129 Å². The molecular formula is C17H32O4. The zero-order valence-electron chi connectivity index (χ0n) is 14.5. The van der Waals surface area contributed by atoms with Crippen molar-refractivity contribution in [2.24, 2.45) is 11.3 Å². The SMILES string of the molecule is CCCCC(C)OC(=O)C(CC)(CC)C(=O)OCC(C)C. The molecule has 124 valence electrons. The van der Waals surface area contributed by atoms with Gasteiger partial charge in [-0.2, -0.15) is 0 Å². The number of ether oxygens (including phenoxy) is 2. The molecule has 0 aliphatic carbocycles. The zero-order valence-corrected chi connectivity index (χ0v) is 14.5. The van der Waals surface area contributed by atoms with E-state index in [0.717, 1.165) is 19.3 Å². The summed E-state index contributed by atoms with van der Waals surface area (Å²) in [5.74, 6) is -0.640. The van der Waals surface area contributed by atoms with Crippen LogP contribution < -0.4 is 0 Å². The van der Waals surface area contributed by atoms with Crippen molar-refractivity contribution in [3.8, 4) is 0 Å². The van der Waals surface area contributed by atoms with Crippen molar-refractivity contribution in [3.05, 3.63) is 0 Å². The van der Waals surface area contributed by atoms with E-state index in [4.69, 9.17) is 9.47 Å². The number of carbonyl (C=O) groups excluding carboxylic acids is 2. The molecule has 0 spiro atoms. The maximum absolute atomic E-state index is 12.5. The molecule has 0 aromatic carbocycles. The van der Waals surface area contributed by atoms with Gasteiger partial charge in [-0.05, 0) is 32.1 Å². The van der Waals surface area contributed by atoms with Gasteiger partial charge in [0, 0.05) is 0 Å². The van der Waals surface area contributed by atoms with Gasteiger partial charge in [0.15, 0.2) is 5.41 Å². The summed E-state index contributed by atoms with van der Waals surface area (Å²) in [6, 6.07) is 0. The molecule has 4 nitrogen and oxygen atoms in total. The summed E-state index contributed by atoms with van der Waals surface area (Å²) in [4.78, 5) is 24.8. The van der Waals surface area contributed by atoms with Crippen molar-refractivity contribution in [2.75, 3.05) is 6.61 Å². The molecule has 1 atom stereocenters. The van der Waals surface area contributed by atoms with Gasteiger partial charge in [-0.3, -0.25) is 9.59 Å². The van der Waals surface area contributed by atoms with Crippen LogP contribution in [0.4, 0.5) is 0 Å². The largest absolute Gasteiger partial charge is 0.465 e. The van der Waals surface area contributed by atoms with Crippen LogP contribution in [0.5, 0.6) is 0 Å². The van der Waals surface area contributed by atoms with E-state index in [2.05, 4.69) is 6.92 Å². The number of unbranched alkanes of at least 4 members (excludes halogenated alkanes) is 1. The molecule has 4 heteroatoms. The van der Waals surface area contributed by atoms with Crippen molar-refractivity contribution in [3.63, 3.8) is 0 Å². The molecule has 0 aromatic rings. The Morgan fingerprint density at radius 2 is 1.57 bits per heavy atom. The van der Waals surface area contributed by atoms with E-state index < -0.39 is 17.4 Å². The summed E-state index contributed by atoms with van der Waals surface area (Å²) in [5, 5.41) is 0. The normalized spacial score (nSPS) is 13.1. The second-order valence-electron chi connectivity index (χ2n) is 6.14. The maximum Gasteiger partial charge on any atom is 0.323 e. The number of carbonyl (C=O) groups is 2. The van der Waals surface area contributed by atoms with Crippen LogP contribution in [-0.2, 0) is 19.1 Å². The van der Waals surface area contributed by atoms with Gasteiger partial charge in [-0.15, -0.1) is 0 Å². The summed E-state index contributed by atoms with van der Waals surface area (Å²) in [5.41, 5.74) is -1.16. The van der Waals surface area contributed by atoms with E-state index >= 15 is 0 Å². The monoisotopic (exact) mass is 300 g/mol. The zero-order chi connectivity index (χ0) is 16.5. The average molecular weight is 300 g/mol. The summed E-state index contributed by atoms with van der Waals surface area (Å²) >= 11 is 0. The quantitative estimate of drug-likeness (QED) is 0.450. The van der Waals surface area contributed by atoms with Crippen LogP contribution in [0.15, 0.2) is 0 Å². The molecule has 21 heavy (non-hydrogen) atoms. The lowest BCUT2D eigenvalue weighted by Crippen LogP contribution is -2.42. The fourth-order valence-electron chi connectivity index (χ4n) is 2.14. The predicted molar refractivity (Wildman–Crippen MR) is 83.9 cm³/mol. The number of esters is 2. The molecule has 0 saturated carbocycles. The van der Waals surface area contributed by atoms with Crippen LogP contribution in [0.2, 0.25) is 0 Å². The van der Waals surface area contributed by atoms with Gasteiger partial charge in [-0.25, -0.2) is 0 Å². The highest BCUT2D eigenvalue weighted by Gasteiger charge is 2.46. The Kier molecular flexibility index (Phi) is 9.31. The highest BCUT2D eigenvalue weighted by Crippen LogP contribution is 2.31. The maximum atomic E-state index is 12.5. The molecule has 0 bridgehead atoms. The lowest BCUT2D eigenvalue weighted by molar-refractivity contribution is -0.177. The van der Waals surface area contributed by atoms with Gasteiger partial charge >= 0.3 is 11.9 Å². The van der Waals surface area contributed by atoms with Crippen LogP contribution in [-0.4, -0.2) is 24.6 Å². The van der Waals surface area contributed by atoms with Crippen molar-refractivity contribution < 1.29 is 19.1 Å². The third-order valence-corrected chi connectivity index (χ3v) is 3.81. The van der Waals surface area contributed by atoms with Crippen LogP contribution in [0, 0.1) is 11.3 Å². The lowest BCUT2D eigenvalue weighted by Gasteiger charge is -2.28. The molecule has 0 fully saturated rings. The second-order valence-corrected chi connectivity index (χ2v) is 6.14. The van der Waals surface area contributed by atoms with Gasteiger partial charge in [0.2, 0.25) is 0 Å². The van der Waals surface area contributed by atoms with Gasteiger partial charge in [-0.1, -0.05) is 47.5 Å². The van der Waals surface area contributed by atoms with E-state index in [1.54, 1.807) is 0 Å². The molecule has 0 heterocycles.